The molecule has 1 atom stereocenters. The van der Waals surface area contributed by atoms with E-state index in [9.17, 15) is 4.79 Å². The van der Waals surface area contributed by atoms with E-state index >= 15 is 0 Å². The van der Waals surface area contributed by atoms with Crippen LogP contribution < -0.4 is 10.6 Å². The molecule has 7 heteroatoms. The normalized spacial score (nSPS) is 17.4. The zero-order valence-electron chi connectivity index (χ0n) is 12.4. The van der Waals surface area contributed by atoms with E-state index < -0.39 is 0 Å². The summed E-state index contributed by atoms with van der Waals surface area (Å²) in [5.74, 6) is 0.526. The molecule has 4 nitrogen and oxygen atoms in total. The number of halogens is 2. The van der Waals surface area contributed by atoms with Crippen molar-refractivity contribution < 1.29 is 4.79 Å². The van der Waals surface area contributed by atoms with Gasteiger partial charge in [0.2, 0.25) is 0 Å². The van der Waals surface area contributed by atoms with Crippen molar-refractivity contribution >= 4 is 40.4 Å². The fourth-order valence-electron chi connectivity index (χ4n) is 2.61. The number of benzene rings is 1. The molecule has 2 N–H and O–H groups in total. The number of nitrogens with zero attached hydrogens (tertiary/aromatic N) is 1. The minimum Gasteiger partial charge on any atom is -0.351 e. The first kappa shape index (κ1) is 16.7. The number of nitrogens with one attached hydrogen (secondary N) is 2. The molecule has 122 valence electrons. The van der Waals surface area contributed by atoms with Crippen LogP contribution in [0, 0.1) is 5.92 Å². The molecule has 1 saturated heterocycles. The SMILES string of the molecule is O=C(NCCC1CCNC1)c1csc(-c2ccc(Cl)cc2Cl)n1. The van der Waals surface area contributed by atoms with Gasteiger partial charge in [-0.3, -0.25) is 4.79 Å². The van der Waals surface area contributed by atoms with Crippen LogP contribution in [0.15, 0.2) is 23.6 Å². The molecule has 1 fully saturated rings. The largest absolute Gasteiger partial charge is 0.351 e. The van der Waals surface area contributed by atoms with Crippen LogP contribution in [0.4, 0.5) is 0 Å². The molecule has 0 bridgehead atoms. The molecule has 1 unspecified atom stereocenters. The fraction of sp³-hybridized carbons (Fsp3) is 0.375. The van der Waals surface area contributed by atoms with Gasteiger partial charge in [0.25, 0.3) is 5.91 Å². The summed E-state index contributed by atoms with van der Waals surface area (Å²) in [6.45, 7) is 2.81. The molecule has 0 spiro atoms. The quantitative estimate of drug-likeness (QED) is 0.841. The van der Waals surface area contributed by atoms with Gasteiger partial charge in [0.05, 0.1) is 5.02 Å². The Kier molecular flexibility index (Phi) is 5.54. The van der Waals surface area contributed by atoms with Gasteiger partial charge in [-0.2, -0.15) is 0 Å². The number of rotatable bonds is 5. The van der Waals surface area contributed by atoms with Gasteiger partial charge < -0.3 is 10.6 Å². The summed E-state index contributed by atoms with van der Waals surface area (Å²) in [6, 6.07) is 5.26. The molecule has 1 aromatic heterocycles. The molecular formula is C16H17Cl2N3OS. The van der Waals surface area contributed by atoms with Gasteiger partial charge in [-0.05, 0) is 50.0 Å². The van der Waals surface area contributed by atoms with Crippen LogP contribution in [0.5, 0.6) is 0 Å². The van der Waals surface area contributed by atoms with E-state index in [2.05, 4.69) is 15.6 Å². The lowest BCUT2D eigenvalue weighted by molar-refractivity contribution is 0.0947. The van der Waals surface area contributed by atoms with Crippen LogP contribution in [-0.2, 0) is 0 Å². The van der Waals surface area contributed by atoms with Gasteiger partial charge in [0.1, 0.15) is 10.7 Å². The second kappa shape index (κ2) is 7.62. The molecule has 1 amide bonds. The Bertz CT molecular complexity index is 698. The summed E-state index contributed by atoms with van der Waals surface area (Å²) in [4.78, 5) is 16.6. The highest BCUT2D eigenvalue weighted by Crippen LogP contribution is 2.32. The molecule has 0 aliphatic carbocycles. The van der Waals surface area contributed by atoms with Crippen molar-refractivity contribution in [1.29, 1.82) is 0 Å². The second-order valence-corrected chi connectivity index (χ2v) is 7.27. The molecular weight excluding hydrogens is 353 g/mol. The van der Waals surface area contributed by atoms with E-state index in [1.165, 1.54) is 17.8 Å². The van der Waals surface area contributed by atoms with Crippen LogP contribution in [0.25, 0.3) is 10.6 Å². The van der Waals surface area contributed by atoms with E-state index in [1.54, 1.807) is 17.5 Å². The summed E-state index contributed by atoms with van der Waals surface area (Å²) in [7, 11) is 0. The predicted octanol–water partition coefficient (Wildman–Crippen LogP) is 3.85. The number of thiazole rings is 1. The van der Waals surface area contributed by atoms with Crippen molar-refractivity contribution in [2.45, 2.75) is 12.8 Å². The standard InChI is InChI=1S/C16H17Cl2N3OS/c17-11-1-2-12(13(18)7-11)16-21-14(9-23-16)15(22)20-6-4-10-3-5-19-8-10/h1-2,7,9-10,19H,3-6,8H2,(H,20,22). The lowest BCUT2D eigenvalue weighted by Crippen LogP contribution is -2.26. The molecule has 23 heavy (non-hydrogen) atoms. The maximum absolute atomic E-state index is 12.2. The number of aromatic nitrogens is 1. The smallest absolute Gasteiger partial charge is 0.270 e. The molecule has 1 aromatic carbocycles. The van der Waals surface area contributed by atoms with E-state index in [-0.39, 0.29) is 5.91 Å². The summed E-state index contributed by atoms with van der Waals surface area (Å²) in [5.41, 5.74) is 1.22. The Labute approximate surface area is 149 Å². The van der Waals surface area contributed by atoms with Gasteiger partial charge in [0.15, 0.2) is 0 Å². The van der Waals surface area contributed by atoms with Crippen LogP contribution in [0.3, 0.4) is 0 Å². The number of amides is 1. The Morgan fingerprint density at radius 2 is 2.30 bits per heavy atom. The zero-order valence-corrected chi connectivity index (χ0v) is 14.8. The van der Waals surface area contributed by atoms with Gasteiger partial charge in [-0.15, -0.1) is 11.3 Å². The third-order valence-corrected chi connectivity index (χ3v) is 5.32. The van der Waals surface area contributed by atoms with Gasteiger partial charge in [0, 0.05) is 22.5 Å². The molecule has 3 rings (SSSR count). The first-order valence-electron chi connectivity index (χ1n) is 7.53. The molecule has 2 aromatic rings. The Hall–Kier alpha value is -1.14. The van der Waals surface area contributed by atoms with E-state index in [0.717, 1.165) is 30.1 Å². The fourth-order valence-corrected chi connectivity index (χ4v) is 4.00. The van der Waals surface area contributed by atoms with E-state index in [1.807, 2.05) is 6.07 Å². The molecule has 1 aliphatic rings. The maximum Gasteiger partial charge on any atom is 0.270 e. The first-order chi connectivity index (χ1) is 11.1. The monoisotopic (exact) mass is 369 g/mol. The summed E-state index contributed by atoms with van der Waals surface area (Å²) in [6.07, 6.45) is 2.19. The van der Waals surface area contributed by atoms with Crippen LogP contribution >= 0.6 is 34.5 Å². The lowest BCUT2D eigenvalue weighted by Gasteiger charge is -2.08. The van der Waals surface area contributed by atoms with Crippen molar-refractivity contribution in [3.8, 4) is 10.6 Å². The topological polar surface area (TPSA) is 54.0 Å². The highest BCUT2D eigenvalue weighted by molar-refractivity contribution is 7.13. The first-order valence-corrected chi connectivity index (χ1v) is 9.17. The highest BCUT2D eigenvalue weighted by Gasteiger charge is 2.16. The Balaban J connectivity index is 1.60. The average molecular weight is 370 g/mol. The number of carbonyl (C=O) groups excluding carboxylic acids is 1. The zero-order chi connectivity index (χ0) is 16.2. The summed E-state index contributed by atoms with van der Waals surface area (Å²) in [5, 5.41) is 9.85. The third-order valence-electron chi connectivity index (χ3n) is 3.90. The van der Waals surface area contributed by atoms with Gasteiger partial charge in [-0.1, -0.05) is 23.2 Å². The van der Waals surface area contributed by atoms with Gasteiger partial charge in [-0.25, -0.2) is 4.98 Å². The minimum absolute atomic E-state index is 0.136. The summed E-state index contributed by atoms with van der Waals surface area (Å²) < 4.78 is 0. The molecule has 2 heterocycles. The molecule has 0 radical (unpaired) electrons. The maximum atomic E-state index is 12.2. The van der Waals surface area contributed by atoms with Crippen molar-refractivity contribution in [3.05, 3.63) is 39.3 Å². The lowest BCUT2D eigenvalue weighted by atomic mass is 10.1. The average Bonchev–Trinajstić information content (AvgIpc) is 3.18. The minimum atomic E-state index is -0.136. The third kappa shape index (κ3) is 4.23. The van der Waals surface area contributed by atoms with Crippen molar-refractivity contribution in [3.63, 3.8) is 0 Å². The number of carbonyl (C=O) groups is 1. The Morgan fingerprint density at radius 1 is 1.43 bits per heavy atom. The van der Waals surface area contributed by atoms with E-state index in [4.69, 9.17) is 23.2 Å². The predicted molar refractivity (Wildman–Crippen MR) is 95.5 cm³/mol. The van der Waals surface area contributed by atoms with Crippen molar-refractivity contribution in [2.24, 2.45) is 5.92 Å². The number of hydrogen-bond acceptors (Lipinski definition) is 4. The van der Waals surface area contributed by atoms with Crippen LogP contribution in [-0.4, -0.2) is 30.5 Å². The molecule has 0 saturated carbocycles. The second-order valence-electron chi connectivity index (χ2n) is 5.57. The van der Waals surface area contributed by atoms with Gasteiger partial charge >= 0.3 is 0 Å². The van der Waals surface area contributed by atoms with Crippen molar-refractivity contribution in [1.82, 2.24) is 15.6 Å². The number of hydrogen-bond donors (Lipinski definition) is 2. The van der Waals surface area contributed by atoms with E-state index in [0.29, 0.717) is 28.2 Å². The highest BCUT2D eigenvalue weighted by atomic mass is 35.5. The molecule has 1 aliphatic heterocycles. The van der Waals surface area contributed by atoms with Crippen LogP contribution in [0.2, 0.25) is 10.0 Å². The van der Waals surface area contributed by atoms with Crippen molar-refractivity contribution in [2.75, 3.05) is 19.6 Å². The Morgan fingerprint density at radius 3 is 3.04 bits per heavy atom. The van der Waals surface area contributed by atoms with Crippen LogP contribution in [0.1, 0.15) is 23.3 Å². The summed E-state index contributed by atoms with van der Waals surface area (Å²) >= 11 is 13.5.